The molecule has 1 aromatic carbocycles. The standard InChI is InChI=1S/C26H25ClN4O2S/c1-26(2,3)33-25(32)31-13-9-17-14-18(27)4-5-19(17)23(31)20-15-22(16-6-10-28-11-7-16)34-24(20)21-8-12-29-30-21/h4-8,10-12,14-15,23H,9,13H2,1-3H3,(H,29,30). The lowest BCUT2D eigenvalue weighted by molar-refractivity contribution is 0.0179. The van der Waals surface area contributed by atoms with Crippen LogP contribution in [-0.4, -0.2) is 38.3 Å². The van der Waals surface area contributed by atoms with Gasteiger partial charge in [0.2, 0.25) is 0 Å². The quantitative estimate of drug-likeness (QED) is 0.344. The van der Waals surface area contributed by atoms with Crippen molar-refractivity contribution in [3.63, 3.8) is 0 Å². The number of amides is 1. The Bertz CT molecular complexity index is 1310. The molecule has 34 heavy (non-hydrogen) atoms. The average Bonchev–Trinajstić information content (AvgIpc) is 3.47. The van der Waals surface area contributed by atoms with Gasteiger partial charge in [-0.15, -0.1) is 11.3 Å². The number of ether oxygens (including phenoxy) is 1. The van der Waals surface area contributed by atoms with Crippen LogP contribution >= 0.6 is 22.9 Å². The van der Waals surface area contributed by atoms with Crippen molar-refractivity contribution in [1.29, 1.82) is 0 Å². The highest BCUT2D eigenvalue weighted by Crippen LogP contribution is 2.46. The minimum atomic E-state index is -0.592. The van der Waals surface area contributed by atoms with Crippen molar-refractivity contribution in [2.24, 2.45) is 0 Å². The number of carbonyl (C=O) groups excluding carboxylic acids is 1. The Balaban J connectivity index is 1.70. The van der Waals surface area contributed by atoms with Gasteiger partial charge in [0.15, 0.2) is 0 Å². The first-order chi connectivity index (χ1) is 16.3. The van der Waals surface area contributed by atoms with Crippen LogP contribution in [0.4, 0.5) is 4.79 Å². The van der Waals surface area contributed by atoms with Gasteiger partial charge in [-0.25, -0.2) is 4.79 Å². The van der Waals surface area contributed by atoms with Crippen LogP contribution < -0.4 is 0 Å². The number of H-pyrrole nitrogens is 1. The summed E-state index contributed by atoms with van der Waals surface area (Å²) >= 11 is 8.00. The SMILES string of the molecule is CC(C)(C)OC(=O)N1CCc2cc(Cl)ccc2C1c1cc(-c2ccncc2)sc1-c1ccn[nH]1. The molecule has 1 aliphatic rings. The Labute approximate surface area is 207 Å². The van der Waals surface area contributed by atoms with E-state index in [9.17, 15) is 4.79 Å². The van der Waals surface area contributed by atoms with Crippen LogP contribution in [0.2, 0.25) is 5.02 Å². The molecule has 0 radical (unpaired) electrons. The zero-order valence-electron chi connectivity index (χ0n) is 19.2. The first-order valence-electron chi connectivity index (χ1n) is 11.1. The van der Waals surface area contributed by atoms with Crippen LogP contribution in [0.1, 0.15) is 43.5 Å². The number of nitrogens with zero attached hydrogens (tertiary/aromatic N) is 3. The molecule has 0 aliphatic carbocycles. The summed E-state index contributed by atoms with van der Waals surface area (Å²) < 4.78 is 5.83. The topological polar surface area (TPSA) is 71.1 Å². The van der Waals surface area contributed by atoms with Crippen LogP contribution in [0.5, 0.6) is 0 Å². The third-order valence-electron chi connectivity index (χ3n) is 5.73. The molecule has 0 bridgehead atoms. The minimum Gasteiger partial charge on any atom is -0.444 e. The van der Waals surface area contributed by atoms with Crippen LogP contribution in [0.3, 0.4) is 0 Å². The summed E-state index contributed by atoms with van der Waals surface area (Å²) in [6, 6.07) is 13.7. The molecule has 1 N–H and O–H groups in total. The van der Waals surface area contributed by atoms with Gasteiger partial charge < -0.3 is 4.74 Å². The number of pyridine rings is 1. The third-order valence-corrected chi connectivity index (χ3v) is 7.20. The predicted octanol–water partition coefficient (Wildman–Crippen LogP) is 6.74. The molecule has 1 amide bonds. The molecule has 174 valence electrons. The van der Waals surface area contributed by atoms with Gasteiger partial charge >= 0.3 is 6.09 Å². The Morgan fingerprint density at radius 2 is 1.91 bits per heavy atom. The summed E-state index contributed by atoms with van der Waals surface area (Å²) in [5.41, 5.74) is 4.61. The van der Waals surface area contributed by atoms with Crippen molar-refractivity contribution in [3.05, 3.63) is 82.8 Å². The molecule has 3 aromatic heterocycles. The Kier molecular flexibility index (Phi) is 5.91. The summed E-state index contributed by atoms with van der Waals surface area (Å²) in [4.78, 5) is 21.5. The second-order valence-electron chi connectivity index (χ2n) is 9.27. The van der Waals surface area contributed by atoms with Gasteiger partial charge in [-0.2, -0.15) is 5.10 Å². The number of carbonyl (C=O) groups is 1. The fourth-order valence-electron chi connectivity index (χ4n) is 4.31. The van der Waals surface area contributed by atoms with Crippen LogP contribution in [0.15, 0.2) is 61.1 Å². The number of aromatic amines is 1. The molecule has 0 fully saturated rings. The van der Waals surface area contributed by atoms with Gasteiger partial charge in [0.05, 0.1) is 16.6 Å². The van der Waals surface area contributed by atoms with E-state index < -0.39 is 5.60 Å². The Morgan fingerprint density at radius 3 is 2.62 bits per heavy atom. The van der Waals surface area contributed by atoms with Gasteiger partial charge in [-0.3, -0.25) is 15.0 Å². The van der Waals surface area contributed by atoms with Gasteiger partial charge in [-0.1, -0.05) is 17.7 Å². The zero-order valence-corrected chi connectivity index (χ0v) is 20.8. The Hall–Kier alpha value is -3.16. The van der Waals surface area contributed by atoms with Crippen molar-refractivity contribution in [2.75, 3.05) is 6.54 Å². The van der Waals surface area contributed by atoms with E-state index in [1.165, 1.54) is 0 Å². The van der Waals surface area contributed by atoms with E-state index in [-0.39, 0.29) is 12.1 Å². The largest absolute Gasteiger partial charge is 0.444 e. The average molecular weight is 493 g/mol. The molecule has 0 spiro atoms. The van der Waals surface area contributed by atoms with Gasteiger partial charge in [0.1, 0.15) is 5.60 Å². The first-order valence-corrected chi connectivity index (χ1v) is 12.3. The normalized spacial score (nSPS) is 15.8. The second kappa shape index (κ2) is 8.89. The summed E-state index contributed by atoms with van der Waals surface area (Å²) in [6.07, 6.45) is 5.70. The smallest absolute Gasteiger partial charge is 0.411 e. The highest BCUT2D eigenvalue weighted by molar-refractivity contribution is 7.19. The maximum Gasteiger partial charge on any atom is 0.411 e. The van der Waals surface area contributed by atoms with Crippen molar-refractivity contribution >= 4 is 29.0 Å². The summed E-state index contributed by atoms with van der Waals surface area (Å²) in [6.45, 7) is 6.20. The summed E-state index contributed by atoms with van der Waals surface area (Å²) in [5, 5.41) is 7.97. The van der Waals surface area contributed by atoms with E-state index >= 15 is 0 Å². The number of hydrogen-bond acceptors (Lipinski definition) is 5. The van der Waals surface area contributed by atoms with Gasteiger partial charge in [-0.05, 0) is 80.3 Å². The molecular formula is C26H25ClN4O2S. The van der Waals surface area contributed by atoms with E-state index in [0.29, 0.717) is 18.0 Å². The number of halogens is 1. The van der Waals surface area contributed by atoms with Crippen molar-refractivity contribution < 1.29 is 9.53 Å². The fourth-order valence-corrected chi connectivity index (χ4v) is 5.67. The third kappa shape index (κ3) is 4.45. The molecule has 6 nitrogen and oxygen atoms in total. The second-order valence-corrected chi connectivity index (χ2v) is 10.8. The molecule has 8 heteroatoms. The van der Waals surface area contributed by atoms with E-state index in [4.69, 9.17) is 16.3 Å². The van der Waals surface area contributed by atoms with Crippen molar-refractivity contribution in [2.45, 2.75) is 38.8 Å². The summed E-state index contributed by atoms with van der Waals surface area (Å²) in [7, 11) is 0. The van der Waals surface area contributed by atoms with E-state index in [0.717, 1.165) is 37.7 Å². The molecule has 0 saturated carbocycles. The number of hydrogen-bond donors (Lipinski definition) is 1. The lowest BCUT2D eigenvalue weighted by atomic mass is 9.88. The van der Waals surface area contributed by atoms with E-state index in [1.807, 2.05) is 62.1 Å². The molecule has 4 heterocycles. The minimum absolute atomic E-state index is 0.319. The zero-order chi connectivity index (χ0) is 23.9. The highest BCUT2D eigenvalue weighted by Gasteiger charge is 2.37. The van der Waals surface area contributed by atoms with Crippen LogP contribution in [0, 0.1) is 0 Å². The fraction of sp³-hybridized carbons (Fsp3) is 0.269. The monoisotopic (exact) mass is 492 g/mol. The highest BCUT2D eigenvalue weighted by atomic mass is 35.5. The number of fused-ring (bicyclic) bond motifs is 1. The number of rotatable bonds is 3. The summed E-state index contributed by atoms with van der Waals surface area (Å²) in [5.74, 6) is 0. The molecule has 1 atom stereocenters. The van der Waals surface area contributed by atoms with Gasteiger partial charge in [0, 0.05) is 40.6 Å². The predicted molar refractivity (Wildman–Crippen MR) is 135 cm³/mol. The van der Waals surface area contributed by atoms with Crippen LogP contribution in [-0.2, 0) is 11.2 Å². The van der Waals surface area contributed by atoms with E-state index in [2.05, 4.69) is 21.2 Å². The van der Waals surface area contributed by atoms with Crippen LogP contribution in [0.25, 0.3) is 21.0 Å². The molecule has 1 unspecified atom stereocenters. The van der Waals surface area contributed by atoms with Gasteiger partial charge in [0.25, 0.3) is 0 Å². The molecule has 5 rings (SSSR count). The Morgan fingerprint density at radius 1 is 1.12 bits per heavy atom. The number of nitrogens with one attached hydrogen (secondary N) is 1. The van der Waals surface area contributed by atoms with Crippen molar-refractivity contribution in [1.82, 2.24) is 20.1 Å². The number of thiophene rings is 1. The number of aromatic nitrogens is 3. The van der Waals surface area contributed by atoms with E-state index in [1.54, 1.807) is 29.9 Å². The lowest BCUT2D eigenvalue weighted by Gasteiger charge is -2.38. The number of benzene rings is 1. The first kappa shape index (κ1) is 22.6. The molecule has 1 aliphatic heterocycles. The van der Waals surface area contributed by atoms with Crippen molar-refractivity contribution in [3.8, 4) is 21.0 Å². The molecule has 4 aromatic rings. The maximum absolute atomic E-state index is 13.4. The lowest BCUT2D eigenvalue weighted by Crippen LogP contribution is -2.43. The molecular weight excluding hydrogens is 468 g/mol. The molecule has 0 saturated heterocycles. The maximum atomic E-state index is 13.4.